The summed E-state index contributed by atoms with van der Waals surface area (Å²) in [6.07, 6.45) is 0. The summed E-state index contributed by atoms with van der Waals surface area (Å²) in [6.45, 7) is -0.481. The van der Waals surface area contributed by atoms with E-state index in [2.05, 4.69) is 9.97 Å². The fraction of sp³-hybridized carbons (Fsp3) is 0.0667. The van der Waals surface area contributed by atoms with E-state index in [9.17, 15) is 4.79 Å². The molecule has 19 heavy (non-hydrogen) atoms. The number of H-pyrrole nitrogens is 1. The van der Waals surface area contributed by atoms with Gasteiger partial charge in [0, 0.05) is 11.1 Å². The highest BCUT2D eigenvalue weighted by Gasteiger charge is 2.08. The minimum Gasteiger partial charge on any atom is -0.388 e. The molecule has 0 amide bonds. The third-order valence-electron chi connectivity index (χ3n) is 2.99. The molecule has 0 aliphatic rings. The molecule has 1 aromatic heterocycles. The second-order valence-corrected chi connectivity index (χ2v) is 4.26. The van der Waals surface area contributed by atoms with Gasteiger partial charge < -0.3 is 10.1 Å². The predicted octanol–water partition coefficient (Wildman–Crippen LogP) is 2.40. The SMILES string of the molecule is O=C(CO)c1ccc2nc(-c3ccccc3)[nH]c2c1. The lowest BCUT2D eigenvalue weighted by atomic mass is 10.1. The topological polar surface area (TPSA) is 66.0 Å². The van der Waals surface area contributed by atoms with Gasteiger partial charge in [-0.1, -0.05) is 30.3 Å². The number of aromatic amines is 1. The van der Waals surface area contributed by atoms with Crippen molar-refractivity contribution < 1.29 is 9.90 Å². The van der Waals surface area contributed by atoms with Gasteiger partial charge in [0.15, 0.2) is 5.78 Å². The number of nitrogens with zero attached hydrogens (tertiary/aromatic N) is 1. The maximum absolute atomic E-state index is 11.4. The number of carbonyl (C=O) groups excluding carboxylic acids is 1. The van der Waals surface area contributed by atoms with Crippen molar-refractivity contribution in [3.8, 4) is 11.4 Å². The maximum Gasteiger partial charge on any atom is 0.188 e. The number of aromatic nitrogens is 2. The number of aliphatic hydroxyl groups is 1. The van der Waals surface area contributed by atoms with E-state index in [0.29, 0.717) is 5.56 Å². The normalized spacial score (nSPS) is 10.8. The molecule has 0 saturated heterocycles. The lowest BCUT2D eigenvalue weighted by Crippen LogP contribution is -2.03. The molecule has 2 N–H and O–H groups in total. The Labute approximate surface area is 109 Å². The van der Waals surface area contributed by atoms with Gasteiger partial charge in [0.1, 0.15) is 12.4 Å². The number of hydrogen-bond donors (Lipinski definition) is 2. The minimum atomic E-state index is -0.481. The summed E-state index contributed by atoms with van der Waals surface area (Å²) in [7, 11) is 0. The zero-order chi connectivity index (χ0) is 13.2. The molecule has 0 unspecified atom stereocenters. The number of Topliss-reactive ketones (excluding diaryl/α,β-unsaturated/α-hetero) is 1. The summed E-state index contributed by atoms with van der Waals surface area (Å²) in [5, 5.41) is 8.87. The Morgan fingerprint density at radius 3 is 2.68 bits per heavy atom. The zero-order valence-corrected chi connectivity index (χ0v) is 10.1. The Kier molecular flexibility index (Phi) is 2.85. The van der Waals surface area contributed by atoms with Crippen molar-refractivity contribution in [2.45, 2.75) is 0 Å². The summed E-state index contributed by atoms with van der Waals surface area (Å²) in [4.78, 5) is 19.1. The Morgan fingerprint density at radius 2 is 1.95 bits per heavy atom. The first-order chi connectivity index (χ1) is 9.28. The Morgan fingerprint density at radius 1 is 1.16 bits per heavy atom. The van der Waals surface area contributed by atoms with E-state index in [1.54, 1.807) is 18.2 Å². The highest BCUT2D eigenvalue weighted by atomic mass is 16.3. The van der Waals surface area contributed by atoms with Gasteiger partial charge in [0.2, 0.25) is 0 Å². The van der Waals surface area contributed by atoms with Gasteiger partial charge in [0.05, 0.1) is 11.0 Å². The molecule has 4 heteroatoms. The highest BCUT2D eigenvalue weighted by Crippen LogP contribution is 2.21. The molecule has 3 rings (SSSR count). The number of nitrogens with one attached hydrogen (secondary N) is 1. The first-order valence-corrected chi connectivity index (χ1v) is 5.97. The first kappa shape index (κ1) is 11.6. The van der Waals surface area contributed by atoms with Crippen LogP contribution < -0.4 is 0 Å². The van der Waals surface area contributed by atoms with Crippen LogP contribution in [-0.2, 0) is 0 Å². The lowest BCUT2D eigenvalue weighted by molar-refractivity contribution is 0.0904. The molecular weight excluding hydrogens is 240 g/mol. The average Bonchev–Trinajstić information content (AvgIpc) is 2.90. The van der Waals surface area contributed by atoms with Crippen LogP contribution in [0.5, 0.6) is 0 Å². The van der Waals surface area contributed by atoms with E-state index < -0.39 is 6.61 Å². The van der Waals surface area contributed by atoms with Gasteiger partial charge in [-0.15, -0.1) is 0 Å². The fourth-order valence-electron chi connectivity index (χ4n) is 2.01. The molecule has 2 aromatic carbocycles. The Balaban J connectivity index is 2.09. The number of aliphatic hydroxyl groups excluding tert-OH is 1. The predicted molar refractivity (Wildman–Crippen MR) is 72.9 cm³/mol. The van der Waals surface area contributed by atoms with E-state index >= 15 is 0 Å². The van der Waals surface area contributed by atoms with Gasteiger partial charge in [-0.05, 0) is 18.2 Å². The molecular formula is C15H12N2O2. The van der Waals surface area contributed by atoms with Crippen molar-refractivity contribution in [2.24, 2.45) is 0 Å². The van der Waals surface area contributed by atoms with E-state index in [-0.39, 0.29) is 5.78 Å². The van der Waals surface area contributed by atoms with Crippen molar-refractivity contribution in [1.29, 1.82) is 0 Å². The smallest absolute Gasteiger partial charge is 0.188 e. The van der Waals surface area contributed by atoms with Crippen LogP contribution in [0.3, 0.4) is 0 Å². The first-order valence-electron chi connectivity index (χ1n) is 5.97. The monoisotopic (exact) mass is 252 g/mol. The number of imidazole rings is 1. The maximum atomic E-state index is 11.4. The standard InChI is InChI=1S/C15H12N2O2/c18-9-14(19)11-6-7-12-13(8-11)17-15(16-12)10-4-2-1-3-5-10/h1-8,18H,9H2,(H,16,17). The summed E-state index contributed by atoms with van der Waals surface area (Å²) < 4.78 is 0. The number of rotatable bonds is 3. The molecule has 0 spiro atoms. The zero-order valence-electron chi connectivity index (χ0n) is 10.1. The molecule has 0 saturated carbocycles. The molecule has 0 atom stereocenters. The third kappa shape index (κ3) is 2.13. The van der Waals surface area contributed by atoms with Crippen LogP contribution in [0.15, 0.2) is 48.5 Å². The lowest BCUT2D eigenvalue weighted by Gasteiger charge is -1.96. The van der Waals surface area contributed by atoms with Gasteiger partial charge in [0.25, 0.3) is 0 Å². The van der Waals surface area contributed by atoms with E-state index in [1.807, 2.05) is 30.3 Å². The quantitative estimate of drug-likeness (QED) is 0.703. The molecule has 0 bridgehead atoms. The summed E-state index contributed by atoms with van der Waals surface area (Å²) in [5.41, 5.74) is 3.07. The average molecular weight is 252 g/mol. The van der Waals surface area contributed by atoms with Crippen LogP contribution in [0.1, 0.15) is 10.4 Å². The van der Waals surface area contributed by atoms with Crippen LogP contribution in [0.4, 0.5) is 0 Å². The van der Waals surface area contributed by atoms with Crippen molar-refractivity contribution in [3.63, 3.8) is 0 Å². The molecule has 1 heterocycles. The van der Waals surface area contributed by atoms with Crippen molar-refractivity contribution in [3.05, 3.63) is 54.1 Å². The van der Waals surface area contributed by atoms with Crippen LogP contribution in [0.25, 0.3) is 22.4 Å². The van der Waals surface area contributed by atoms with Gasteiger partial charge >= 0.3 is 0 Å². The number of carbonyl (C=O) groups is 1. The largest absolute Gasteiger partial charge is 0.388 e. The molecule has 0 radical (unpaired) electrons. The van der Waals surface area contributed by atoms with Crippen molar-refractivity contribution in [2.75, 3.05) is 6.61 Å². The minimum absolute atomic E-state index is 0.294. The van der Waals surface area contributed by atoms with Gasteiger partial charge in [-0.3, -0.25) is 4.79 Å². The number of fused-ring (bicyclic) bond motifs is 1. The van der Waals surface area contributed by atoms with Crippen LogP contribution in [0.2, 0.25) is 0 Å². The second kappa shape index (κ2) is 4.66. The molecule has 0 fully saturated rings. The van der Waals surface area contributed by atoms with Gasteiger partial charge in [-0.25, -0.2) is 4.98 Å². The molecule has 94 valence electrons. The second-order valence-electron chi connectivity index (χ2n) is 4.26. The summed E-state index contributed by atoms with van der Waals surface area (Å²) in [6, 6.07) is 15.0. The molecule has 0 aliphatic carbocycles. The summed E-state index contributed by atoms with van der Waals surface area (Å²) >= 11 is 0. The highest BCUT2D eigenvalue weighted by molar-refractivity contribution is 5.99. The van der Waals surface area contributed by atoms with Crippen molar-refractivity contribution >= 4 is 16.8 Å². The molecule has 0 aliphatic heterocycles. The fourth-order valence-corrected chi connectivity index (χ4v) is 2.01. The number of hydrogen-bond acceptors (Lipinski definition) is 3. The van der Waals surface area contributed by atoms with Gasteiger partial charge in [-0.2, -0.15) is 0 Å². The van der Waals surface area contributed by atoms with E-state index in [4.69, 9.17) is 5.11 Å². The molecule has 3 aromatic rings. The third-order valence-corrected chi connectivity index (χ3v) is 2.99. The Hall–Kier alpha value is -2.46. The Bertz CT molecular complexity index is 732. The van der Waals surface area contributed by atoms with Crippen LogP contribution >= 0.6 is 0 Å². The number of ketones is 1. The molecule has 4 nitrogen and oxygen atoms in total. The van der Waals surface area contributed by atoms with E-state index in [0.717, 1.165) is 22.4 Å². The van der Waals surface area contributed by atoms with E-state index in [1.165, 1.54) is 0 Å². The van der Waals surface area contributed by atoms with Crippen LogP contribution in [-0.4, -0.2) is 27.5 Å². The van der Waals surface area contributed by atoms with Crippen molar-refractivity contribution in [1.82, 2.24) is 9.97 Å². The van der Waals surface area contributed by atoms with Crippen LogP contribution in [0, 0.1) is 0 Å². The number of benzene rings is 2. The summed E-state index contributed by atoms with van der Waals surface area (Å²) in [5.74, 6) is 0.474.